The van der Waals surface area contributed by atoms with Gasteiger partial charge in [-0.25, -0.2) is 14.5 Å². The van der Waals surface area contributed by atoms with E-state index in [9.17, 15) is 4.57 Å². The number of likely N-dealkylation sites (tertiary alicyclic amines) is 1. The van der Waals surface area contributed by atoms with E-state index < -0.39 is 7.14 Å². The van der Waals surface area contributed by atoms with E-state index in [2.05, 4.69) is 77.4 Å². The van der Waals surface area contributed by atoms with Gasteiger partial charge in [0, 0.05) is 56.8 Å². The highest BCUT2D eigenvalue weighted by Crippen LogP contribution is 2.40. The maximum atomic E-state index is 13.3. The number of aromatic nitrogens is 5. The Kier molecular flexibility index (Phi) is 9.33. The SMILES string of the molecule is CCOC1CN(C2CCN(c3cc(OC)c(Nc4ncc(Br)c(Nc5ccc6ncnn6c5P(C)(C)=O)n4)cc3CC)CC2)C1. The van der Waals surface area contributed by atoms with Crippen LogP contribution in [0.5, 0.6) is 5.75 Å². The number of pyridine rings is 1. The molecule has 2 aliphatic rings. The van der Waals surface area contributed by atoms with Gasteiger partial charge in [0.15, 0.2) is 5.65 Å². The zero-order valence-electron chi connectivity index (χ0n) is 26.5. The molecule has 0 unspecified atom stereocenters. The molecule has 240 valence electrons. The number of anilines is 5. The number of nitrogens with zero attached hydrogens (tertiary/aromatic N) is 7. The molecule has 12 nitrogen and oxygen atoms in total. The van der Waals surface area contributed by atoms with E-state index in [0.717, 1.165) is 63.5 Å². The van der Waals surface area contributed by atoms with E-state index in [1.54, 1.807) is 31.2 Å². The minimum Gasteiger partial charge on any atom is -0.494 e. The van der Waals surface area contributed by atoms with Crippen molar-refractivity contribution >= 4 is 63.0 Å². The second kappa shape index (κ2) is 13.2. The van der Waals surface area contributed by atoms with Crippen molar-refractivity contribution in [1.29, 1.82) is 0 Å². The first-order chi connectivity index (χ1) is 21.7. The average Bonchev–Trinajstić information content (AvgIpc) is 3.48. The molecule has 14 heteroatoms. The summed E-state index contributed by atoms with van der Waals surface area (Å²) in [5.74, 6) is 1.64. The Morgan fingerprint density at radius 1 is 1.07 bits per heavy atom. The molecule has 0 amide bonds. The van der Waals surface area contributed by atoms with Crippen LogP contribution >= 0.6 is 23.1 Å². The summed E-state index contributed by atoms with van der Waals surface area (Å²) in [6, 6.07) is 8.57. The third-order valence-corrected chi connectivity index (χ3v) is 10.6. The molecular formula is C31H41BrN9O3P. The van der Waals surface area contributed by atoms with Crippen molar-refractivity contribution in [3.05, 3.63) is 46.8 Å². The minimum atomic E-state index is -2.74. The van der Waals surface area contributed by atoms with Gasteiger partial charge >= 0.3 is 0 Å². The van der Waals surface area contributed by atoms with Gasteiger partial charge in [0.1, 0.15) is 30.5 Å². The van der Waals surface area contributed by atoms with Crippen LogP contribution < -0.4 is 25.7 Å². The molecule has 4 aromatic rings. The van der Waals surface area contributed by atoms with Gasteiger partial charge in [-0.15, -0.1) is 0 Å². The molecule has 0 atom stereocenters. The molecule has 45 heavy (non-hydrogen) atoms. The molecule has 2 saturated heterocycles. The summed E-state index contributed by atoms with van der Waals surface area (Å²) in [5.41, 5.74) is 5.06. The fourth-order valence-electron chi connectivity index (χ4n) is 6.29. The zero-order valence-corrected chi connectivity index (χ0v) is 28.9. The second-order valence-corrected chi connectivity index (χ2v) is 15.9. The molecule has 0 saturated carbocycles. The Bertz CT molecular complexity index is 1710. The highest BCUT2D eigenvalue weighted by atomic mass is 79.9. The van der Waals surface area contributed by atoms with E-state index >= 15 is 0 Å². The molecule has 1 aromatic carbocycles. The van der Waals surface area contributed by atoms with Crippen molar-refractivity contribution in [2.24, 2.45) is 0 Å². The monoisotopic (exact) mass is 697 g/mol. The van der Waals surface area contributed by atoms with Gasteiger partial charge in [-0.3, -0.25) is 4.90 Å². The number of fused-ring (bicyclic) bond motifs is 1. The maximum absolute atomic E-state index is 13.3. The first-order valence-corrected chi connectivity index (χ1v) is 18.8. The summed E-state index contributed by atoms with van der Waals surface area (Å²) >= 11 is 3.57. The van der Waals surface area contributed by atoms with Crippen molar-refractivity contribution in [2.75, 3.05) is 68.8 Å². The number of rotatable bonds is 11. The molecule has 0 radical (unpaired) electrons. The summed E-state index contributed by atoms with van der Waals surface area (Å²) in [4.78, 5) is 18.6. The average molecular weight is 699 g/mol. The van der Waals surface area contributed by atoms with Crippen LogP contribution in [0.4, 0.5) is 28.8 Å². The maximum Gasteiger partial charge on any atom is 0.229 e. The number of aryl methyl sites for hydroxylation is 1. The number of hydrogen-bond acceptors (Lipinski definition) is 11. The molecule has 0 spiro atoms. The van der Waals surface area contributed by atoms with Crippen LogP contribution in [0, 0.1) is 0 Å². The summed E-state index contributed by atoms with van der Waals surface area (Å²) in [7, 11) is -1.05. The van der Waals surface area contributed by atoms with E-state index in [4.69, 9.17) is 14.5 Å². The molecular weight excluding hydrogens is 657 g/mol. The number of halogens is 1. The lowest BCUT2D eigenvalue weighted by Gasteiger charge is -2.47. The highest BCUT2D eigenvalue weighted by molar-refractivity contribution is 9.10. The Balaban J connectivity index is 1.20. The third kappa shape index (κ3) is 6.67. The molecule has 0 aliphatic carbocycles. The summed E-state index contributed by atoms with van der Waals surface area (Å²) < 4.78 is 27.2. The quantitative estimate of drug-likeness (QED) is 0.199. The Morgan fingerprint density at radius 2 is 1.84 bits per heavy atom. The lowest BCUT2D eigenvalue weighted by Crippen LogP contribution is -2.58. The number of ether oxygens (including phenoxy) is 2. The van der Waals surface area contributed by atoms with Crippen molar-refractivity contribution in [1.82, 2.24) is 29.5 Å². The largest absolute Gasteiger partial charge is 0.494 e. The van der Waals surface area contributed by atoms with Gasteiger partial charge in [0.25, 0.3) is 0 Å². The van der Waals surface area contributed by atoms with E-state index in [-0.39, 0.29) is 0 Å². The van der Waals surface area contributed by atoms with Gasteiger partial charge in [-0.2, -0.15) is 10.1 Å². The predicted molar refractivity (Wildman–Crippen MR) is 183 cm³/mol. The lowest BCUT2D eigenvalue weighted by molar-refractivity contribution is -0.0712. The smallest absolute Gasteiger partial charge is 0.229 e. The Morgan fingerprint density at radius 3 is 2.53 bits per heavy atom. The topological polar surface area (TPSA) is 122 Å². The number of methoxy groups -OCH3 is 1. The fourth-order valence-corrected chi connectivity index (χ4v) is 7.90. The normalized spacial score (nSPS) is 16.6. The molecule has 3 aromatic heterocycles. The fraction of sp³-hybridized carbons (Fsp3) is 0.484. The second-order valence-electron chi connectivity index (χ2n) is 11.9. The standard InChI is InChI=1S/C31H41BrN9O3P/c1-6-20-14-25(27(43-3)15-26(20)39-12-10-21(11-13-39)40-17-22(18-40)44-7-2)37-31-33-16-23(32)29(38-31)36-24-8-9-28-34-19-35-41(28)30(24)45(4,5)42/h8-9,14-16,19,21-22H,6-7,10-13,17-18H2,1-5H3,(H2,33,36,37,38). The molecule has 2 N–H and O–H groups in total. The van der Waals surface area contributed by atoms with Crippen LogP contribution in [-0.2, 0) is 15.7 Å². The zero-order chi connectivity index (χ0) is 31.7. The molecule has 0 bridgehead atoms. The number of benzene rings is 1. The van der Waals surface area contributed by atoms with Gasteiger partial charge in [-0.05, 0) is 79.2 Å². The van der Waals surface area contributed by atoms with E-state index in [0.29, 0.717) is 45.2 Å². The third-order valence-electron chi connectivity index (χ3n) is 8.55. The molecule has 5 heterocycles. The van der Waals surface area contributed by atoms with Crippen molar-refractivity contribution in [2.45, 2.75) is 45.3 Å². The van der Waals surface area contributed by atoms with E-state index in [1.807, 2.05) is 12.1 Å². The van der Waals surface area contributed by atoms with Crippen LogP contribution in [0.25, 0.3) is 5.65 Å². The summed E-state index contributed by atoms with van der Waals surface area (Å²) in [6.07, 6.45) is 6.71. The van der Waals surface area contributed by atoms with Gasteiger partial charge in [-0.1, -0.05) is 6.92 Å². The molecule has 2 fully saturated rings. The first-order valence-electron chi connectivity index (χ1n) is 15.4. The molecule has 6 rings (SSSR count). The Labute approximate surface area is 272 Å². The number of piperidine rings is 1. The van der Waals surface area contributed by atoms with Crippen LogP contribution in [-0.4, -0.2) is 94.8 Å². The van der Waals surface area contributed by atoms with Crippen molar-refractivity contribution in [3.8, 4) is 5.75 Å². The van der Waals surface area contributed by atoms with Gasteiger partial charge < -0.3 is 29.6 Å². The minimum absolute atomic E-state index is 0.397. The van der Waals surface area contributed by atoms with E-state index in [1.165, 1.54) is 17.6 Å². The summed E-state index contributed by atoms with van der Waals surface area (Å²) in [5, 5.41) is 11.0. The first kappa shape index (κ1) is 31.7. The summed E-state index contributed by atoms with van der Waals surface area (Å²) in [6.45, 7) is 12.6. The highest BCUT2D eigenvalue weighted by Gasteiger charge is 2.35. The Hall–Kier alpha value is -3.25. The number of nitrogens with one attached hydrogen (secondary N) is 2. The molecule has 2 aliphatic heterocycles. The van der Waals surface area contributed by atoms with Crippen LogP contribution in [0.1, 0.15) is 32.3 Å². The lowest BCUT2D eigenvalue weighted by atomic mass is 9.97. The predicted octanol–water partition coefficient (Wildman–Crippen LogP) is 5.28. The van der Waals surface area contributed by atoms with Crippen LogP contribution in [0.3, 0.4) is 0 Å². The van der Waals surface area contributed by atoms with Gasteiger partial charge in [0.2, 0.25) is 5.95 Å². The number of hydrogen-bond donors (Lipinski definition) is 2. The van der Waals surface area contributed by atoms with Gasteiger partial charge in [0.05, 0.1) is 29.1 Å². The van der Waals surface area contributed by atoms with Crippen molar-refractivity contribution < 1.29 is 14.0 Å². The van der Waals surface area contributed by atoms with Crippen LogP contribution in [0.15, 0.2) is 41.3 Å². The van der Waals surface area contributed by atoms with Crippen molar-refractivity contribution in [3.63, 3.8) is 0 Å². The van der Waals surface area contributed by atoms with Crippen LogP contribution in [0.2, 0.25) is 0 Å².